The Morgan fingerprint density at radius 3 is 2.94 bits per heavy atom. The van der Waals surface area contributed by atoms with Crippen molar-refractivity contribution < 1.29 is 9.90 Å². The van der Waals surface area contributed by atoms with Crippen LogP contribution in [-0.2, 0) is 0 Å². The van der Waals surface area contributed by atoms with Crippen LogP contribution in [0.4, 0.5) is 0 Å². The Morgan fingerprint density at radius 2 is 2.35 bits per heavy atom. The van der Waals surface area contributed by atoms with Crippen LogP contribution in [-0.4, -0.2) is 20.6 Å². The first-order valence-electron chi connectivity index (χ1n) is 5.10. The fourth-order valence-corrected chi connectivity index (χ4v) is 2.32. The van der Waals surface area contributed by atoms with E-state index in [4.69, 9.17) is 5.11 Å². The van der Waals surface area contributed by atoms with E-state index in [0.29, 0.717) is 5.69 Å². The second-order valence-electron chi connectivity index (χ2n) is 3.72. The highest BCUT2D eigenvalue weighted by molar-refractivity contribution is 14.1. The van der Waals surface area contributed by atoms with Gasteiger partial charge in [-0.1, -0.05) is 6.07 Å². The highest BCUT2D eigenvalue weighted by atomic mass is 127. The molecule has 0 saturated heterocycles. The highest BCUT2D eigenvalue weighted by Gasteiger charge is 2.17. The molecule has 0 spiro atoms. The van der Waals surface area contributed by atoms with Gasteiger partial charge in [-0.15, -0.1) is 0 Å². The number of hydrogen-bond donors (Lipinski definition) is 1. The topological polar surface area (TPSA) is 55.1 Å². The molecule has 2 rings (SSSR count). The van der Waals surface area contributed by atoms with E-state index >= 15 is 0 Å². The second-order valence-corrected chi connectivity index (χ2v) is 4.96. The number of nitrogens with zero attached hydrogens (tertiary/aromatic N) is 2. The lowest BCUT2D eigenvalue weighted by Gasteiger charge is -2.15. The number of hydrogen-bond acceptors (Lipinski definition) is 2. The molecule has 17 heavy (non-hydrogen) atoms. The summed E-state index contributed by atoms with van der Waals surface area (Å²) in [6.45, 7) is 1.96. The number of halogens is 1. The number of carboxylic acids is 1. The van der Waals surface area contributed by atoms with E-state index in [1.165, 1.54) is 0 Å². The Balaban J connectivity index is 2.44. The van der Waals surface area contributed by atoms with Crippen molar-refractivity contribution in [3.05, 3.63) is 51.6 Å². The van der Waals surface area contributed by atoms with E-state index in [2.05, 4.69) is 27.6 Å². The van der Waals surface area contributed by atoms with E-state index in [-0.39, 0.29) is 6.04 Å². The van der Waals surface area contributed by atoms with Crippen molar-refractivity contribution in [1.29, 1.82) is 0 Å². The first-order chi connectivity index (χ1) is 8.09. The smallest absolute Gasteiger partial charge is 0.352 e. The maximum Gasteiger partial charge on any atom is 0.352 e. The Hall–Kier alpha value is -1.37. The van der Waals surface area contributed by atoms with Gasteiger partial charge in [0.2, 0.25) is 0 Å². The van der Waals surface area contributed by atoms with E-state index in [1.54, 1.807) is 23.0 Å². The Bertz CT molecular complexity index is 537. The summed E-state index contributed by atoms with van der Waals surface area (Å²) in [4.78, 5) is 15.2. The third kappa shape index (κ3) is 2.49. The molecule has 0 aliphatic heterocycles. The standard InChI is InChI=1S/C12H11IN2O2/c1-8(9-3-2-4-14-6-9)15-7-10(13)5-11(15)12(16)17/h2-8H,1H3,(H,16,17). The van der Waals surface area contributed by atoms with Crippen molar-refractivity contribution >= 4 is 28.6 Å². The molecule has 2 heterocycles. The molecule has 1 unspecified atom stereocenters. The van der Waals surface area contributed by atoms with Crippen LogP contribution >= 0.6 is 22.6 Å². The molecular weight excluding hydrogens is 331 g/mol. The predicted octanol–water partition coefficient (Wildman–Crippen LogP) is 2.80. The van der Waals surface area contributed by atoms with E-state index < -0.39 is 5.97 Å². The van der Waals surface area contributed by atoms with Gasteiger partial charge in [-0.2, -0.15) is 0 Å². The van der Waals surface area contributed by atoms with Crippen molar-refractivity contribution in [3.63, 3.8) is 0 Å². The molecule has 0 bridgehead atoms. The summed E-state index contributed by atoms with van der Waals surface area (Å²) in [5.74, 6) is -0.913. The summed E-state index contributed by atoms with van der Waals surface area (Å²) in [6.07, 6.45) is 5.29. The SMILES string of the molecule is CC(c1cccnc1)n1cc(I)cc1C(=O)O. The van der Waals surface area contributed by atoms with Crippen molar-refractivity contribution in [2.24, 2.45) is 0 Å². The maximum atomic E-state index is 11.1. The summed E-state index contributed by atoms with van der Waals surface area (Å²) in [7, 11) is 0. The molecule has 4 nitrogen and oxygen atoms in total. The molecule has 0 amide bonds. The van der Waals surface area contributed by atoms with Crippen molar-refractivity contribution in [2.45, 2.75) is 13.0 Å². The Kier molecular flexibility index (Phi) is 3.46. The fourth-order valence-electron chi connectivity index (χ4n) is 1.72. The molecule has 0 aromatic carbocycles. The van der Waals surface area contributed by atoms with Crippen LogP contribution in [0.5, 0.6) is 0 Å². The van der Waals surface area contributed by atoms with Crippen molar-refractivity contribution in [1.82, 2.24) is 9.55 Å². The number of aromatic carboxylic acids is 1. The summed E-state index contributed by atoms with van der Waals surface area (Å²) < 4.78 is 2.66. The molecule has 1 N–H and O–H groups in total. The van der Waals surface area contributed by atoms with Gasteiger partial charge in [0.1, 0.15) is 5.69 Å². The predicted molar refractivity (Wildman–Crippen MR) is 72.2 cm³/mol. The van der Waals surface area contributed by atoms with Gasteiger partial charge in [0.15, 0.2) is 0 Å². The molecule has 0 saturated carbocycles. The molecule has 1 atom stereocenters. The quantitative estimate of drug-likeness (QED) is 0.873. The van der Waals surface area contributed by atoms with E-state index in [9.17, 15) is 4.79 Å². The van der Waals surface area contributed by atoms with Gasteiger partial charge in [0.05, 0.1) is 6.04 Å². The number of pyridine rings is 1. The number of aromatic nitrogens is 2. The first-order valence-corrected chi connectivity index (χ1v) is 6.18. The van der Waals surface area contributed by atoms with Crippen LogP contribution in [0.2, 0.25) is 0 Å². The average molecular weight is 342 g/mol. The van der Waals surface area contributed by atoms with Gasteiger partial charge in [0.25, 0.3) is 0 Å². The Morgan fingerprint density at radius 1 is 1.59 bits per heavy atom. The molecule has 0 radical (unpaired) electrons. The van der Waals surface area contributed by atoms with E-state index in [1.807, 2.05) is 25.3 Å². The third-order valence-corrected chi connectivity index (χ3v) is 3.21. The first kappa shape index (κ1) is 12.1. The molecule has 0 fully saturated rings. The third-order valence-electron chi connectivity index (χ3n) is 2.62. The number of carbonyl (C=O) groups is 1. The monoisotopic (exact) mass is 342 g/mol. The van der Waals surface area contributed by atoms with E-state index in [0.717, 1.165) is 9.13 Å². The lowest BCUT2D eigenvalue weighted by atomic mass is 10.1. The van der Waals surface area contributed by atoms with Crippen LogP contribution in [0.3, 0.4) is 0 Å². The number of rotatable bonds is 3. The van der Waals surface area contributed by atoms with Gasteiger partial charge in [-0.3, -0.25) is 4.98 Å². The Labute approximate surface area is 112 Å². The molecular formula is C12H11IN2O2. The normalized spacial score (nSPS) is 12.4. The van der Waals surface area contributed by atoms with Crippen molar-refractivity contribution in [2.75, 3.05) is 0 Å². The van der Waals surface area contributed by atoms with Crippen LogP contribution < -0.4 is 0 Å². The van der Waals surface area contributed by atoms with Gasteiger partial charge < -0.3 is 9.67 Å². The minimum atomic E-state index is -0.913. The molecule has 0 aliphatic carbocycles. The van der Waals surface area contributed by atoms with Crippen LogP contribution in [0.1, 0.15) is 29.0 Å². The fraction of sp³-hybridized carbons (Fsp3) is 0.167. The van der Waals surface area contributed by atoms with Crippen LogP contribution in [0.15, 0.2) is 36.8 Å². The van der Waals surface area contributed by atoms with Crippen LogP contribution in [0, 0.1) is 3.57 Å². The van der Waals surface area contributed by atoms with Gasteiger partial charge in [0, 0.05) is 22.2 Å². The van der Waals surface area contributed by atoms with Crippen LogP contribution in [0.25, 0.3) is 0 Å². The molecule has 88 valence electrons. The van der Waals surface area contributed by atoms with Gasteiger partial charge in [-0.05, 0) is 47.2 Å². The maximum absolute atomic E-state index is 11.1. The summed E-state index contributed by atoms with van der Waals surface area (Å²) in [6, 6.07) is 5.41. The zero-order valence-electron chi connectivity index (χ0n) is 9.17. The van der Waals surface area contributed by atoms with Crippen molar-refractivity contribution in [3.8, 4) is 0 Å². The molecule has 5 heteroatoms. The second kappa shape index (κ2) is 4.87. The van der Waals surface area contributed by atoms with Gasteiger partial charge in [-0.25, -0.2) is 4.79 Å². The zero-order valence-corrected chi connectivity index (χ0v) is 11.3. The average Bonchev–Trinajstić information content (AvgIpc) is 2.72. The summed E-state index contributed by atoms with van der Waals surface area (Å²) >= 11 is 2.11. The summed E-state index contributed by atoms with van der Waals surface area (Å²) in [5, 5.41) is 9.13. The minimum absolute atomic E-state index is 0.0432. The van der Waals surface area contributed by atoms with Gasteiger partial charge >= 0.3 is 5.97 Å². The lowest BCUT2D eigenvalue weighted by Crippen LogP contribution is -2.13. The summed E-state index contributed by atoms with van der Waals surface area (Å²) in [5.41, 5.74) is 1.28. The minimum Gasteiger partial charge on any atom is -0.477 e. The highest BCUT2D eigenvalue weighted by Crippen LogP contribution is 2.22. The number of carboxylic acid groups (broad SMARTS) is 1. The largest absolute Gasteiger partial charge is 0.477 e. The lowest BCUT2D eigenvalue weighted by molar-refractivity contribution is 0.0684. The zero-order chi connectivity index (χ0) is 12.4. The molecule has 0 aliphatic rings. The molecule has 2 aromatic rings. The molecule has 2 aromatic heterocycles.